The number of morpholine rings is 1. The lowest BCUT2D eigenvalue weighted by Crippen LogP contribution is -2.46. The Morgan fingerprint density at radius 1 is 1.36 bits per heavy atom. The van der Waals surface area contributed by atoms with Crippen LogP contribution in [0.15, 0.2) is 0 Å². The van der Waals surface area contributed by atoms with Crippen molar-refractivity contribution in [1.82, 2.24) is 10.2 Å². The summed E-state index contributed by atoms with van der Waals surface area (Å²) in [5.74, 6) is -0.603. The molecule has 0 radical (unpaired) electrons. The number of ether oxygens (including phenoxy) is 1. The van der Waals surface area contributed by atoms with Gasteiger partial charge in [0.2, 0.25) is 0 Å². The second kappa shape index (κ2) is 5.37. The minimum absolute atomic E-state index is 0.385. The van der Waals surface area contributed by atoms with Crippen molar-refractivity contribution >= 4 is 40.7 Å². The first-order valence-corrected chi connectivity index (χ1v) is 5.28. The first-order valence-electron chi connectivity index (χ1n) is 4.15. The maximum absolute atomic E-state index is 11.1. The third-order valence-corrected chi connectivity index (χ3v) is 2.34. The third kappa shape index (κ3) is 4.19. The van der Waals surface area contributed by atoms with Gasteiger partial charge in [0.15, 0.2) is 0 Å². The maximum Gasteiger partial charge on any atom is 0.273 e. The summed E-state index contributed by atoms with van der Waals surface area (Å²) >= 11 is 16.1. The highest BCUT2D eigenvalue weighted by molar-refractivity contribution is 6.76. The summed E-state index contributed by atoms with van der Waals surface area (Å²) in [6, 6.07) is 0. The molecule has 0 spiro atoms. The van der Waals surface area contributed by atoms with Crippen molar-refractivity contribution in [3.8, 4) is 0 Å². The summed E-state index contributed by atoms with van der Waals surface area (Å²) in [6.45, 7) is 3.28. The van der Waals surface area contributed by atoms with Crippen LogP contribution in [0.25, 0.3) is 0 Å². The monoisotopic (exact) mass is 260 g/mol. The zero-order valence-electron chi connectivity index (χ0n) is 7.43. The Balaban J connectivity index is 2.22. The van der Waals surface area contributed by atoms with E-state index in [1.165, 1.54) is 0 Å². The number of carbonyl (C=O) groups excluding carboxylic acids is 1. The highest BCUT2D eigenvalue weighted by atomic mass is 35.6. The van der Waals surface area contributed by atoms with Crippen molar-refractivity contribution in [1.29, 1.82) is 0 Å². The number of nitrogens with zero attached hydrogens (tertiary/aromatic N) is 1. The van der Waals surface area contributed by atoms with E-state index in [1.807, 2.05) is 4.90 Å². The summed E-state index contributed by atoms with van der Waals surface area (Å²) < 4.78 is 3.26. The SMILES string of the molecule is O=C(NCN1CCOCC1)C(Cl)(Cl)Cl. The van der Waals surface area contributed by atoms with Crippen LogP contribution in [0.3, 0.4) is 0 Å². The zero-order valence-corrected chi connectivity index (χ0v) is 9.70. The Kier molecular flexibility index (Phi) is 4.73. The van der Waals surface area contributed by atoms with Gasteiger partial charge in [0.05, 0.1) is 19.9 Å². The van der Waals surface area contributed by atoms with E-state index >= 15 is 0 Å². The molecule has 14 heavy (non-hydrogen) atoms. The number of alkyl halides is 3. The van der Waals surface area contributed by atoms with Gasteiger partial charge in [0.25, 0.3) is 9.70 Å². The van der Waals surface area contributed by atoms with Gasteiger partial charge in [-0.2, -0.15) is 0 Å². The Morgan fingerprint density at radius 2 is 1.93 bits per heavy atom. The van der Waals surface area contributed by atoms with E-state index in [1.54, 1.807) is 0 Å². The molecule has 1 aliphatic rings. The zero-order chi connectivity index (χ0) is 10.6. The minimum Gasteiger partial charge on any atom is -0.379 e. The maximum atomic E-state index is 11.1. The van der Waals surface area contributed by atoms with Gasteiger partial charge in [0, 0.05) is 13.1 Å². The summed E-state index contributed by atoms with van der Waals surface area (Å²) in [5, 5.41) is 2.53. The van der Waals surface area contributed by atoms with Crippen molar-refractivity contribution in [2.24, 2.45) is 0 Å². The summed E-state index contributed by atoms with van der Waals surface area (Å²) in [6.07, 6.45) is 0. The number of halogens is 3. The molecule has 0 aromatic carbocycles. The van der Waals surface area contributed by atoms with Gasteiger partial charge in [-0.05, 0) is 0 Å². The average molecular weight is 262 g/mol. The molecule has 4 nitrogen and oxygen atoms in total. The fourth-order valence-corrected chi connectivity index (χ4v) is 1.24. The topological polar surface area (TPSA) is 41.6 Å². The van der Waals surface area contributed by atoms with Crippen LogP contribution in [-0.4, -0.2) is 47.6 Å². The predicted octanol–water partition coefficient (Wildman–Crippen LogP) is 0.763. The molecule has 7 heteroatoms. The van der Waals surface area contributed by atoms with E-state index in [-0.39, 0.29) is 0 Å². The lowest BCUT2D eigenvalue weighted by molar-refractivity contribution is -0.121. The highest BCUT2D eigenvalue weighted by Gasteiger charge is 2.30. The lowest BCUT2D eigenvalue weighted by Gasteiger charge is -2.27. The quantitative estimate of drug-likeness (QED) is 0.747. The van der Waals surface area contributed by atoms with E-state index in [4.69, 9.17) is 39.5 Å². The summed E-state index contributed by atoms with van der Waals surface area (Å²) in [7, 11) is 0. The van der Waals surface area contributed by atoms with Crippen LogP contribution in [0.5, 0.6) is 0 Å². The Hall–Kier alpha value is 0.260. The van der Waals surface area contributed by atoms with Crippen LogP contribution in [0.2, 0.25) is 0 Å². The second-order valence-electron chi connectivity index (χ2n) is 2.89. The molecular formula is C7H11Cl3N2O2. The van der Waals surface area contributed by atoms with Gasteiger partial charge >= 0.3 is 0 Å². The average Bonchev–Trinajstić information content (AvgIpc) is 2.14. The number of carbonyl (C=O) groups is 1. The van der Waals surface area contributed by atoms with Crippen LogP contribution in [-0.2, 0) is 9.53 Å². The number of hydrogen-bond acceptors (Lipinski definition) is 3. The normalized spacial score (nSPS) is 19.4. The molecule has 1 fully saturated rings. The minimum atomic E-state index is -1.88. The van der Waals surface area contributed by atoms with E-state index in [9.17, 15) is 4.79 Å². The fourth-order valence-electron chi connectivity index (χ4n) is 1.04. The molecule has 1 amide bonds. The summed E-state index contributed by atoms with van der Waals surface area (Å²) in [4.78, 5) is 13.2. The van der Waals surface area contributed by atoms with Crippen molar-refractivity contribution < 1.29 is 9.53 Å². The Labute approximate surface area is 97.4 Å². The number of nitrogens with one attached hydrogen (secondary N) is 1. The molecule has 1 rings (SSSR count). The molecule has 0 bridgehead atoms. The molecular weight excluding hydrogens is 250 g/mol. The van der Waals surface area contributed by atoms with Gasteiger partial charge in [-0.15, -0.1) is 0 Å². The molecule has 1 N–H and O–H groups in total. The van der Waals surface area contributed by atoms with Crippen molar-refractivity contribution in [3.63, 3.8) is 0 Å². The second-order valence-corrected chi connectivity index (χ2v) is 5.17. The van der Waals surface area contributed by atoms with Gasteiger partial charge in [-0.1, -0.05) is 34.8 Å². The molecule has 82 valence electrons. The molecule has 1 heterocycles. The predicted molar refractivity (Wildman–Crippen MR) is 55.7 cm³/mol. The molecule has 1 aliphatic heterocycles. The van der Waals surface area contributed by atoms with Crippen LogP contribution in [0, 0.1) is 0 Å². The fraction of sp³-hybridized carbons (Fsp3) is 0.857. The highest BCUT2D eigenvalue weighted by Crippen LogP contribution is 2.25. The van der Waals surface area contributed by atoms with Crippen LogP contribution in [0.4, 0.5) is 0 Å². The first kappa shape index (κ1) is 12.3. The molecule has 0 aromatic heterocycles. The molecule has 0 atom stereocenters. The number of amides is 1. The van der Waals surface area contributed by atoms with E-state index in [0.717, 1.165) is 13.1 Å². The van der Waals surface area contributed by atoms with Gasteiger partial charge in [-0.3, -0.25) is 9.69 Å². The number of hydrogen-bond donors (Lipinski definition) is 1. The standard InChI is InChI=1S/C7H11Cl3N2O2/c8-7(9,10)6(13)11-5-12-1-3-14-4-2-12/h1-5H2,(H,11,13). The largest absolute Gasteiger partial charge is 0.379 e. The molecule has 0 aliphatic carbocycles. The van der Waals surface area contributed by atoms with E-state index in [0.29, 0.717) is 19.9 Å². The van der Waals surface area contributed by atoms with Gasteiger partial charge in [-0.25, -0.2) is 0 Å². The van der Waals surface area contributed by atoms with Crippen LogP contribution in [0.1, 0.15) is 0 Å². The van der Waals surface area contributed by atoms with Crippen LogP contribution >= 0.6 is 34.8 Å². The summed E-state index contributed by atoms with van der Waals surface area (Å²) in [5.41, 5.74) is 0. The molecule has 0 unspecified atom stereocenters. The van der Waals surface area contributed by atoms with Crippen molar-refractivity contribution in [3.05, 3.63) is 0 Å². The van der Waals surface area contributed by atoms with E-state index in [2.05, 4.69) is 5.32 Å². The molecule has 0 aromatic rings. The van der Waals surface area contributed by atoms with E-state index < -0.39 is 9.70 Å². The Bertz CT molecular complexity index is 202. The molecule has 0 saturated carbocycles. The number of rotatable bonds is 2. The van der Waals surface area contributed by atoms with Crippen molar-refractivity contribution in [2.75, 3.05) is 33.0 Å². The lowest BCUT2D eigenvalue weighted by atomic mass is 10.4. The third-order valence-electron chi connectivity index (χ3n) is 1.82. The van der Waals surface area contributed by atoms with Crippen molar-refractivity contribution in [2.45, 2.75) is 3.79 Å². The smallest absolute Gasteiger partial charge is 0.273 e. The molecule has 1 saturated heterocycles. The Morgan fingerprint density at radius 3 is 2.43 bits per heavy atom. The van der Waals surface area contributed by atoms with Gasteiger partial charge in [0.1, 0.15) is 0 Å². The van der Waals surface area contributed by atoms with Gasteiger partial charge < -0.3 is 10.1 Å². The van der Waals surface area contributed by atoms with Crippen LogP contribution < -0.4 is 5.32 Å². The first-order chi connectivity index (χ1) is 6.50.